The maximum Gasteiger partial charge on any atom is 0.326 e. The highest BCUT2D eigenvalue weighted by Crippen LogP contribution is 2.22. The quantitative estimate of drug-likeness (QED) is 0.175. The smallest absolute Gasteiger partial charge is 0.326 e. The van der Waals surface area contributed by atoms with Gasteiger partial charge in [-0.1, -0.05) is 30.3 Å². The van der Waals surface area contributed by atoms with Gasteiger partial charge in [-0.3, -0.25) is 19.4 Å². The molecule has 39 heavy (non-hydrogen) atoms. The fourth-order valence-corrected chi connectivity index (χ4v) is 4.43. The molecule has 0 fully saturated rings. The van der Waals surface area contributed by atoms with Gasteiger partial charge in [0.15, 0.2) is 0 Å². The number of imidazole rings is 1. The molecule has 5 N–H and O–H groups in total. The number of aromatic nitrogens is 4. The zero-order chi connectivity index (χ0) is 27.6. The third-order valence-electron chi connectivity index (χ3n) is 5.58. The highest BCUT2D eigenvalue weighted by atomic mass is 32.1. The van der Waals surface area contributed by atoms with E-state index in [1.54, 1.807) is 48.1 Å². The summed E-state index contributed by atoms with van der Waals surface area (Å²) in [6.07, 6.45) is 6.25. The number of H-pyrrole nitrogens is 1. The highest BCUT2D eigenvalue weighted by Gasteiger charge is 2.27. The Labute approximate surface area is 226 Å². The molecule has 0 spiro atoms. The van der Waals surface area contributed by atoms with E-state index in [1.165, 1.54) is 23.9 Å². The van der Waals surface area contributed by atoms with Crippen molar-refractivity contribution in [3.63, 3.8) is 0 Å². The van der Waals surface area contributed by atoms with E-state index in [1.807, 2.05) is 12.1 Å². The van der Waals surface area contributed by atoms with Crippen molar-refractivity contribution < 1.29 is 24.3 Å². The summed E-state index contributed by atoms with van der Waals surface area (Å²) in [5, 5.41) is 19.4. The van der Waals surface area contributed by atoms with Crippen molar-refractivity contribution in [2.24, 2.45) is 0 Å². The average molecular weight is 548 g/mol. The van der Waals surface area contributed by atoms with Crippen LogP contribution in [0, 0.1) is 0 Å². The molecular formula is C26H25N7O5S. The van der Waals surface area contributed by atoms with Gasteiger partial charge >= 0.3 is 5.97 Å². The Morgan fingerprint density at radius 2 is 1.77 bits per heavy atom. The van der Waals surface area contributed by atoms with Gasteiger partial charge in [-0.15, -0.1) is 11.3 Å². The van der Waals surface area contributed by atoms with Gasteiger partial charge in [0.25, 0.3) is 5.91 Å². The average Bonchev–Trinajstić information content (AvgIpc) is 3.65. The topological polar surface area (TPSA) is 179 Å². The Morgan fingerprint density at radius 1 is 0.949 bits per heavy atom. The maximum absolute atomic E-state index is 13.1. The van der Waals surface area contributed by atoms with Crippen molar-refractivity contribution in [2.45, 2.75) is 24.9 Å². The monoisotopic (exact) mass is 547 g/mol. The summed E-state index contributed by atoms with van der Waals surface area (Å²) in [7, 11) is 0. The molecule has 1 aromatic carbocycles. The molecule has 2 atom stereocenters. The number of carboxylic acid groups (broad SMARTS) is 1. The standard InChI is InChI=1S/C26H25N7O5S/c34-22(13-29-23(35)21-14-39-25(33-21)17-7-4-8-27-11-17)31-19(9-16-5-2-1-3-6-16)24(36)32-20(26(37)38)10-18-12-28-15-30-18/h1-8,11-12,14-15,19-20H,9-10,13H2,(H,28,30)(H,29,35)(H,31,34)(H,32,36)(H,37,38)/t19-,20-/m0/s1. The van der Waals surface area contributed by atoms with E-state index in [0.717, 1.165) is 11.1 Å². The number of rotatable bonds is 12. The van der Waals surface area contributed by atoms with E-state index in [0.29, 0.717) is 10.7 Å². The van der Waals surface area contributed by atoms with Crippen LogP contribution in [0.15, 0.2) is 72.8 Å². The van der Waals surface area contributed by atoms with E-state index in [-0.39, 0.29) is 18.5 Å². The molecule has 12 nitrogen and oxygen atoms in total. The summed E-state index contributed by atoms with van der Waals surface area (Å²) in [6, 6.07) is 10.2. The lowest BCUT2D eigenvalue weighted by Gasteiger charge is -2.21. The highest BCUT2D eigenvalue weighted by molar-refractivity contribution is 7.13. The fourth-order valence-electron chi connectivity index (χ4n) is 3.64. The first-order chi connectivity index (χ1) is 18.9. The number of hydrogen-bond donors (Lipinski definition) is 5. The zero-order valence-electron chi connectivity index (χ0n) is 20.5. The van der Waals surface area contributed by atoms with E-state index in [4.69, 9.17) is 0 Å². The van der Waals surface area contributed by atoms with E-state index in [9.17, 15) is 24.3 Å². The number of carbonyl (C=O) groups excluding carboxylic acids is 3. The summed E-state index contributed by atoms with van der Waals surface area (Å²) in [6.45, 7) is -0.409. The summed E-state index contributed by atoms with van der Waals surface area (Å²) in [4.78, 5) is 65.2. The van der Waals surface area contributed by atoms with Crippen LogP contribution in [0.3, 0.4) is 0 Å². The van der Waals surface area contributed by atoms with Gasteiger partial charge in [0, 0.05) is 48.1 Å². The van der Waals surface area contributed by atoms with Gasteiger partial charge in [-0.05, 0) is 17.7 Å². The number of benzene rings is 1. The van der Waals surface area contributed by atoms with Crippen LogP contribution in [0.2, 0.25) is 0 Å². The second kappa shape index (κ2) is 13.1. The predicted molar refractivity (Wildman–Crippen MR) is 142 cm³/mol. The van der Waals surface area contributed by atoms with Gasteiger partial charge in [-0.2, -0.15) is 0 Å². The van der Waals surface area contributed by atoms with Crippen molar-refractivity contribution in [1.29, 1.82) is 0 Å². The first-order valence-corrected chi connectivity index (χ1v) is 12.7. The minimum atomic E-state index is -1.24. The Morgan fingerprint density at radius 3 is 2.46 bits per heavy atom. The molecule has 3 aromatic heterocycles. The molecule has 4 aromatic rings. The number of aromatic amines is 1. The molecule has 0 aliphatic heterocycles. The molecule has 3 amide bonds. The van der Waals surface area contributed by atoms with Crippen molar-refractivity contribution in [2.75, 3.05) is 6.54 Å². The van der Waals surface area contributed by atoms with Crippen LogP contribution in [0.5, 0.6) is 0 Å². The first kappa shape index (κ1) is 27.1. The normalized spacial score (nSPS) is 12.2. The van der Waals surface area contributed by atoms with Gasteiger partial charge in [0.05, 0.1) is 12.9 Å². The van der Waals surface area contributed by atoms with E-state index < -0.39 is 42.3 Å². The largest absolute Gasteiger partial charge is 0.480 e. The number of nitrogens with one attached hydrogen (secondary N) is 4. The number of carbonyl (C=O) groups is 4. The molecule has 0 unspecified atom stereocenters. The molecule has 0 saturated carbocycles. The van der Waals surface area contributed by atoms with E-state index in [2.05, 4.69) is 35.9 Å². The third-order valence-corrected chi connectivity index (χ3v) is 6.47. The molecule has 200 valence electrons. The number of thiazole rings is 1. The SMILES string of the molecule is O=C(CNC(=O)c1csc(-c2cccnc2)n1)N[C@@H](Cc1ccccc1)C(=O)N[C@@H](Cc1cnc[nH]1)C(=O)O. The van der Waals surface area contributed by atoms with Crippen LogP contribution in [0.1, 0.15) is 21.7 Å². The third kappa shape index (κ3) is 7.79. The van der Waals surface area contributed by atoms with Gasteiger partial charge in [0.1, 0.15) is 22.8 Å². The molecule has 4 rings (SSSR count). The van der Waals surface area contributed by atoms with Crippen LogP contribution in [-0.2, 0) is 27.2 Å². The fraction of sp³-hybridized carbons (Fsp3) is 0.192. The Balaban J connectivity index is 1.38. The lowest BCUT2D eigenvalue weighted by molar-refractivity contribution is -0.142. The van der Waals surface area contributed by atoms with Crippen LogP contribution < -0.4 is 16.0 Å². The second-order valence-electron chi connectivity index (χ2n) is 8.45. The molecule has 0 aliphatic carbocycles. The molecule has 0 radical (unpaired) electrons. The molecule has 13 heteroatoms. The van der Waals surface area contributed by atoms with Gasteiger partial charge in [0.2, 0.25) is 11.8 Å². The van der Waals surface area contributed by atoms with Crippen LogP contribution >= 0.6 is 11.3 Å². The Kier molecular flexibility index (Phi) is 9.08. The number of pyridine rings is 1. The second-order valence-corrected chi connectivity index (χ2v) is 9.31. The number of nitrogens with zero attached hydrogens (tertiary/aromatic N) is 3. The van der Waals surface area contributed by atoms with E-state index >= 15 is 0 Å². The van der Waals surface area contributed by atoms with Crippen LogP contribution in [0.4, 0.5) is 0 Å². The summed E-state index contributed by atoms with van der Waals surface area (Å²) in [5.74, 6) is -3.08. The number of hydrogen-bond acceptors (Lipinski definition) is 8. The summed E-state index contributed by atoms with van der Waals surface area (Å²) < 4.78 is 0. The number of carboxylic acids is 1. The summed E-state index contributed by atoms with van der Waals surface area (Å²) in [5.41, 5.74) is 2.20. The molecule has 0 bridgehead atoms. The van der Waals surface area contributed by atoms with Gasteiger partial charge < -0.3 is 26.0 Å². The van der Waals surface area contributed by atoms with Crippen molar-refractivity contribution in [3.05, 3.63) is 89.7 Å². The van der Waals surface area contributed by atoms with Crippen molar-refractivity contribution >= 4 is 35.0 Å². The van der Waals surface area contributed by atoms with Crippen LogP contribution in [0.25, 0.3) is 10.6 Å². The molecule has 3 heterocycles. The molecular weight excluding hydrogens is 522 g/mol. The minimum absolute atomic E-state index is 0.0161. The molecule has 0 saturated heterocycles. The summed E-state index contributed by atoms with van der Waals surface area (Å²) >= 11 is 1.27. The lowest BCUT2D eigenvalue weighted by Crippen LogP contribution is -2.54. The number of amides is 3. The van der Waals surface area contributed by atoms with Crippen molar-refractivity contribution in [1.82, 2.24) is 35.9 Å². The minimum Gasteiger partial charge on any atom is -0.480 e. The predicted octanol–water partition coefficient (Wildman–Crippen LogP) is 1.20. The molecule has 0 aliphatic rings. The van der Waals surface area contributed by atoms with Crippen molar-refractivity contribution in [3.8, 4) is 10.6 Å². The first-order valence-electron chi connectivity index (χ1n) is 11.9. The number of aliphatic carboxylic acids is 1. The maximum atomic E-state index is 13.1. The zero-order valence-corrected chi connectivity index (χ0v) is 21.4. The Hall–Kier alpha value is -4.91. The lowest BCUT2D eigenvalue weighted by atomic mass is 10.0. The van der Waals surface area contributed by atoms with Crippen LogP contribution in [-0.4, -0.2) is 67.4 Å². The van der Waals surface area contributed by atoms with Gasteiger partial charge in [-0.25, -0.2) is 14.8 Å². The Bertz CT molecular complexity index is 1410.